The van der Waals surface area contributed by atoms with E-state index in [1.165, 1.54) is 36.3 Å². The van der Waals surface area contributed by atoms with Gasteiger partial charge >= 0.3 is 0 Å². The monoisotopic (exact) mass is 527 g/mol. The number of halogens is 1. The lowest BCUT2D eigenvalue weighted by atomic mass is 10.0. The van der Waals surface area contributed by atoms with Gasteiger partial charge in [0.15, 0.2) is 5.69 Å². The van der Waals surface area contributed by atoms with Gasteiger partial charge in [-0.1, -0.05) is 12.1 Å². The number of anilines is 2. The summed E-state index contributed by atoms with van der Waals surface area (Å²) < 4.78 is 28.6. The highest BCUT2D eigenvalue weighted by atomic mass is 32.1. The number of nitrogens with one attached hydrogen (secondary N) is 1. The summed E-state index contributed by atoms with van der Waals surface area (Å²) in [7, 11) is 1.51. The van der Waals surface area contributed by atoms with Gasteiger partial charge in [0.1, 0.15) is 22.5 Å². The van der Waals surface area contributed by atoms with Crippen LogP contribution in [0, 0.1) is 5.82 Å². The number of nitrogens with two attached hydrogens (primary N) is 2. The van der Waals surface area contributed by atoms with Gasteiger partial charge in [0, 0.05) is 18.8 Å². The molecule has 1 fully saturated rings. The topological polar surface area (TPSA) is 150 Å². The minimum absolute atomic E-state index is 0.0800. The molecule has 1 aliphatic rings. The second kappa shape index (κ2) is 11.4. The number of hydrogen-bond acceptors (Lipinski definition) is 8. The Bertz CT molecular complexity index is 1280. The van der Waals surface area contributed by atoms with Crippen LogP contribution >= 0.6 is 11.5 Å². The molecule has 2 aromatic carbocycles. The molecule has 1 aliphatic heterocycles. The average Bonchev–Trinajstić information content (AvgIpc) is 3.56. The zero-order chi connectivity index (χ0) is 26.5. The van der Waals surface area contributed by atoms with Crippen LogP contribution in [0.15, 0.2) is 48.5 Å². The van der Waals surface area contributed by atoms with E-state index in [0.29, 0.717) is 29.5 Å². The third-order valence-corrected chi connectivity index (χ3v) is 6.80. The second-order valence-electron chi connectivity index (χ2n) is 8.35. The first kappa shape index (κ1) is 26.0. The van der Waals surface area contributed by atoms with E-state index in [0.717, 1.165) is 12.8 Å². The van der Waals surface area contributed by atoms with E-state index in [9.17, 15) is 18.8 Å². The van der Waals surface area contributed by atoms with Gasteiger partial charge in [-0.2, -0.15) is 4.37 Å². The number of hydrogen-bond donors (Lipinski definition) is 3. The Hall–Kier alpha value is -4.03. The van der Waals surface area contributed by atoms with Gasteiger partial charge in [-0.25, -0.2) is 4.39 Å². The number of rotatable bonds is 9. The summed E-state index contributed by atoms with van der Waals surface area (Å²) in [6, 6.07) is 10.6. The average molecular weight is 528 g/mol. The van der Waals surface area contributed by atoms with Crippen LogP contribution in [0.4, 0.5) is 15.8 Å². The van der Waals surface area contributed by atoms with Gasteiger partial charge < -0.3 is 26.3 Å². The largest absolute Gasteiger partial charge is 0.497 e. The number of aromatic nitrogens is 1. The van der Waals surface area contributed by atoms with E-state index in [-0.39, 0.29) is 34.6 Å². The molecule has 194 valence electrons. The summed E-state index contributed by atoms with van der Waals surface area (Å²) in [5, 5.41) is 2.88. The Morgan fingerprint density at radius 1 is 1.22 bits per heavy atom. The van der Waals surface area contributed by atoms with Crippen molar-refractivity contribution in [1.29, 1.82) is 0 Å². The lowest BCUT2D eigenvalue weighted by molar-refractivity contribution is -0.123. The summed E-state index contributed by atoms with van der Waals surface area (Å²) in [4.78, 5) is 40.4. The molecule has 0 saturated carbocycles. The molecule has 0 radical (unpaired) electrons. The molecule has 1 aromatic heterocycles. The van der Waals surface area contributed by atoms with Crippen molar-refractivity contribution in [2.75, 3.05) is 30.9 Å². The number of carbonyl (C=O) groups excluding carboxylic acids is 3. The lowest BCUT2D eigenvalue weighted by Crippen LogP contribution is -2.45. The fraction of sp³-hybridized carbons (Fsp3) is 0.280. The summed E-state index contributed by atoms with van der Waals surface area (Å²) >= 11 is 0.690. The zero-order valence-electron chi connectivity index (χ0n) is 20.0. The SMILES string of the molecule is COc1ccc([C@@H](C(=O)NC[C@H]2CCCO2)N(C(=O)c2snc(C(N)=O)c2N)c2ccc(F)cc2)cc1. The number of amides is 3. The fourth-order valence-electron chi connectivity index (χ4n) is 4.04. The standard InChI is InChI=1S/C25H26FN5O5S/c1-35-17-10-4-14(5-11-17)21(24(33)29-13-18-3-2-12-36-18)31(16-8-6-15(26)7-9-16)25(34)22-19(27)20(23(28)32)30-37-22/h4-11,18,21H,2-3,12-13,27H2,1H3,(H2,28,32)(H,29,33)/t18-,21+/m1/s1. The first-order valence-corrected chi connectivity index (χ1v) is 12.2. The number of nitrogen functional groups attached to an aromatic ring is 1. The minimum atomic E-state index is -1.19. The molecule has 0 bridgehead atoms. The van der Waals surface area contributed by atoms with Gasteiger partial charge in [0.05, 0.1) is 18.9 Å². The first-order chi connectivity index (χ1) is 17.8. The molecule has 0 unspecified atom stereocenters. The van der Waals surface area contributed by atoms with Crippen molar-refractivity contribution in [3.63, 3.8) is 0 Å². The number of ether oxygens (including phenoxy) is 2. The van der Waals surface area contributed by atoms with Gasteiger partial charge in [-0.05, 0) is 66.3 Å². The van der Waals surface area contributed by atoms with Crippen molar-refractivity contribution in [3.8, 4) is 5.75 Å². The van der Waals surface area contributed by atoms with Gasteiger partial charge in [0.25, 0.3) is 11.8 Å². The third kappa shape index (κ3) is 5.70. The number of primary amides is 1. The predicted octanol–water partition coefficient (Wildman–Crippen LogP) is 2.66. The highest BCUT2D eigenvalue weighted by Gasteiger charge is 2.36. The van der Waals surface area contributed by atoms with Crippen LogP contribution < -0.4 is 26.4 Å². The Morgan fingerprint density at radius 3 is 2.49 bits per heavy atom. The maximum atomic E-state index is 13.9. The van der Waals surface area contributed by atoms with Gasteiger partial charge in [-0.15, -0.1) is 0 Å². The molecule has 12 heteroatoms. The summed E-state index contributed by atoms with van der Waals surface area (Å²) in [6.07, 6.45) is 1.57. The van der Waals surface area contributed by atoms with E-state index in [2.05, 4.69) is 9.69 Å². The van der Waals surface area contributed by atoms with Crippen molar-refractivity contribution in [2.45, 2.75) is 25.0 Å². The van der Waals surface area contributed by atoms with Crippen LogP contribution in [0.5, 0.6) is 5.75 Å². The molecule has 0 spiro atoms. The van der Waals surface area contributed by atoms with Crippen LogP contribution in [0.2, 0.25) is 0 Å². The van der Waals surface area contributed by atoms with Crippen LogP contribution in [0.3, 0.4) is 0 Å². The fourth-order valence-corrected chi connectivity index (χ4v) is 4.79. The molecule has 2 atom stereocenters. The molecule has 3 aromatic rings. The van der Waals surface area contributed by atoms with Crippen molar-refractivity contribution < 1.29 is 28.2 Å². The van der Waals surface area contributed by atoms with E-state index >= 15 is 0 Å². The first-order valence-electron chi connectivity index (χ1n) is 11.5. The maximum absolute atomic E-state index is 13.9. The molecule has 10 nitrogen and oxygen atoms in total. The summed E-state index contributed by atoms with van der Waals surface area (Å²) in [6.45, 7) is 0.876. The Kier molecular flexibility index (Phi) is 7.99. The van der Waals surface area contributed by atoms with Crippen LogP contribution in [-0.2, 0) is 9.53 Å². The Morgan fingerprint density at radius 2 is 1.92 bits per heavy atom. The molecule has 5 N–H and O–H groups in total. The van der Waals surface area contributed by atoms with Crippen LogP contribution in [0.1, 0.15) is 44.6 Å². The van der Waals surface area contributed by atoms with Gasteiger partial charge in [0.2, 0.25) is 5.91 Å². The quantitative estimate of drug-likeness (QED) is 0.387. The highest BCUT2D eigenvalue weighted by Crippen LogP contribution is 2.34. The molecular weight excluding hydrogens is 501 g/mol. The van der Waals surface area contributed by atoms with Crippen molar-refractivity contribution in [3.05, 3.63) is 70.5 Å². The summed E-state index contributed by atoms with van der Waals surface area (Å²) in [5.41, 5.74) is 11.6. The predicted molar refractivity (Wildman–Crippen MR) is 136 cm³/mol. The molecule has 3 amide bonds. The lowest BCUT2D eigenvalue weighted by Gasteiger charge is -2.31. The van der Waals surface area contributed by atoms with Crippen molar-refractivity contribution >= 4 is 40.6 Å². The Labute approximate surface area is 216 Å². The third-order valence-electron chi connectivity index (χ3n) is 5.95. The molecule has 0 aliphatic carbocycles. The number of nitrogens with zero attached hydrogens (tertiary/aromatic N) is 2. The molecule has 2 heterocycles. The maximum Gasteiger partial charge on any atom is 0.273 e. The number of methoxy groups -OCH3 is 1. The van der Waals surface area contributed by atoms with Crippen LogP contribution in [0.25, 0.3) is 0 Å². The van der Waals surface area contributed by atoms with E-state index < -0.39 is 29.6 Å². The smallest absolute Gasteiger partial charge is 0.273 e. The highest BCUT2D eigenvalue weighted by molar-refractivity contribution is 7.09. The zero-order valence-corrected chi connectivity index (χ0v) is 20.8. The summed E-state index contributed by atoms with van der Waals surface area (Å²) in [5.74, 6) is -2.05. The van der Waals surface area contributed by atoms with Crippen LogP contribution in [-0.4, -0.2) is 48.5 Å². The number of carbonyl (C=O) groups is 3. The van der Waals surface area contributed by atoms with E-state index in [1.807, 2.05) is 0 Å². The van der Waals surface area contributed by atoms with E-state index in [1.54, 1.807) is 24.3 Å². The van der Waals surface area contributed by atoms with Crippen molar-refractivity contribution in [2.24, 2.45) is 5.73 Å². The molecule has 37 heavy (non-hydrogen) atoms. The number of benzene rings is 2. The molecule has 1 saturated heterocycles. The van der Waals surface area contributed by atoms with E-state index in [4.69, 9.17) is 20.9 Å². The second-order valence-corrected chi connectivity index (χ2v) is 9.12. The normalized spacial score (nSPS) is 15.7. The molecule has 4 rings (SSSR count). The molecular formula is C25H26FN5O5S. The Balaban J connectivity index is 1.80. The van der Waals surface area contributed by atoms with Gasteiger partial charge in [-0.3, -0.25) is 19.3 Å². The van der Waals surface area contributed by atoms with Crippen molar-refractivity contribution in [1.82, 2.24) is 9.69 Å². The minimum Gasteiger partial charge on any atom is -0.497 e.